The minimum atomic E-state index is -1.06. The highest BCUT2D eigenvalue weighted by Crippen LogP contribution is 2.40. The summed E-state index contributed by atoms with van der Waals surface area (Å²) in [6, 6.07) is 29.5. The zero-order chi connectivity index (χ0) is 21.7. The second-order valence-electron chi connectivity index (χ2n) is 6.94. The third-order valence-electron chi connectivity index (χ3n) is 4.91. The topological polar surface area (TPSA) is 77.6 Å². The van der Waals surface area contributed by atoms with Crippen molar-refractivity contribution < 1.29 is 9.63 Å². The van der Waals surface area contributed by atoms with Crippen molar-refractivity contribution in [1.29, 1.82) is 0 Å². The number of anilines is 1. The Morgan fingerprint density at radius 2 is 1.32 bits per heavy atom. The fourth-order valence-electron chi connectivity index (χ4n) is 3.48. The van der Waals surface area contributed by atoms with Gasteiger partial charge in [-0.05, 0) is 0 Å². The maximum absolute atomic E-state index is 12.4. The van der Waals surface area contributed by atoms with Crippen molar-refractivity contribution in [3.63, 3.8) is 0 Å². The lowest BCUT2D eigenvalue weighted by Gasteiger charge is -2.33. The Morgan fingerprint density at radius 1 is 0.871 bits per heavy atom. The summed E-state index contributed by atoms with van der Waals surface area (Å²) in [6.07, 6.45) is 0. The van der Waals surface area contributed by atoms with E-state index in [2.05, 4.69) is 10.1 Å². The molecule has 1 heterocycles. The lowest BCUT2D eigenvalue weighted by molar-refractivity contribution is -0.111. The van der Waals surface area contributed by atoms with Gasteiger partial charge in [0.15, 0.2) is 16.6 Å². The maximum Gasteiger partial charge on any atom is 0.212 e. The number of hydrogen-bond donors (Lipinski definition) is 1. The molecular weight excluding hydrogens is 406 g/mol. The predicted molar refractivity (Wildman–Crippen MR) is 124 cm³/mol. The van der Waals surface area contributed by atoms with Crippen LogP contribution in [-0.4, -0.2) is 16.5 Å². The van der Waals surface area contributed by atoms with Crippen LogP contribution in [0.4, 0.5) is 5.13 Å². The first-order valence-electron chi connectivity index (χ1n) is 9.76. The monoisotopic (exact) mass is 427 g/mol. The molecular formula is C25H21N3O2S. The summed E-state index contributed by atoms with van der Waals surface area (Å²) in [4.78, 5) is 23.0. The standard InChI is InChI=1S/C25H21N3O2S/c1-18(29)23(22-17-31-24(26)27-22)28-30-25(19-11-5-2-6-12-19,20-13-7-3-8-14-20)21-15-9-4-10-16-21/h2-17H,1H3,(H2,26,27). The average molecular weight is 428 g/mol. The van der Waals surface area contributed by atoms with Crippen LogP contribution < -0.4 is 5.73 Å². The zero-order valence-corrected chi connectivity index (χ0v) is 17.8. The van der Waals surface area contributed by atoms with Crippen LogP contribution in [0, 0.1) is 0 Å². The predicted octanol–water partition coefficient (Wildman–Crippen LogP) is 5.03. The number of benzene rings is 3. The molecule has 31 heavy (non-hydrogen) atoms. The highest BCUT2D eigenvalue weighted by atomic mass is 32.1. The SMILES string of the molecule is CC(=O)C(=NOC(c1ccccc1)(c1ccccc1)c1ccccc1)c1csc(N)n1. The molecule has 1 aromatic heterocycles. The second kappa shape index (κ2) is 8.93. The third-order valence-corrected chi connectivity index (χ3v) is 5.59. The van der Waals surface area contributed by atoms with Crippen LogP contribution in [0.2, 0.25) is 0 Å². The fourth-order valence-corrected chi connectivity index (χ4v) is 4.03. The van der Waals surface area contributed by atoms with Gasteiger partial charge in [-0.2, -0.15) is 0 Å². The van der Waals surface area contributed by atoms with Crippen LogP contribution in [0.25, 0.3) is 0 Å². The Bertz CT molecular complexity index is 1090. The first-order valence-corrected chi connectivity index (χ1v) is 10.6. The Labute approximate surface area is 184 Å². The van der Waals surface area contributed by atoms with E-state index in [1.165, 1.54) is 18.3 Å². The number of carbonyl (C=O) groups excluding carboxylic acids is 1. The number of aromatic nitrogens is 1. The van der Waals surface area contributed by atoms with E-state index in [-0.39, 0.29) is 11.5 Å². The number of nitrogens with two attached hydrogens (primary N) is 1. The molecule has 0 saturated carbocycles. The van der Waals surface area contributed by atoms with E-state index in [4.69, 9.17) is 10.6 Å². The van der Waals surface area contributed by atoms with Gasteiger partial charge in [0.25, 0.3) is 0 Å². The third kappa shape index (κ3) is 4.11. The van der Waals surface area contributed by atoms with Gasteiger partial charge in [0.05, 0.1) is 0 Å². The van der Waals surface area contributed by atoms with Crippen LogP contribution in [0.1, 0.15) is 29.3 Å². The second-order valence-corrected chi connectivity index (χ2v) is 7.83. The molecule has 3 aromatic carbocycles. The molecule has 0 aliphatic carbocycles. The summed E-state index contributed by atoms with van der Waals surface area (Å²) < 4.78 is 0. The molecule has 6 heteroatoms. The zero-order valence-electron chi connectivity index (χ0n) is 16.9. The van der Waals surface area contributed by atoms with Gasteiger partial charge in [-0.25, -0.2) is 4.98 Å². The van der Waals surface area contributed by atoms with Crippen molar-refractivity contribution in [1.82, 2.24) is 4.98 Å². The number of rotatable bonds is 7. The normalized spacial score (nSPS) is 11.8. The lowest BCUT2D eigenvalue weighted by Crippen LogP contribution is -2.32. The maximum atomic E-state index is 12.4. The molecule has 154 valence electrons. The molecule has 5 nitrogen and oxygen atoms in total. The van der Waals surface area contributed by atoms with E-state index in [9.17, 15) is 4.79 Å². The first-order chi connectivity index (χ1) is 15.1. The summed E-state index contributed by atoms with van der Waals surface area (Å²) in [5.74, 6) is -0.256. The number of hydrogen-bond acceptors (Lipinski definition) is 6. The van der Waals surface area contributed by atoms with Gasteiger partial charge < -0.3 is 10.6 Å². The summed E-state index contributed by atoms with van der Waals surface area (Å²) in [5.41, 5.74) is 7.89. The van der Waals surface area contributed by atoms with Crippen LogP contribution in [0.3, 0.4) is 0 Å². The Balaban J connectivity index is 1.95. The van der Waals surface area contributed by atoms with Crippen molar-refractivity contribution in [3.8, 4) is 0 Å². The molecule has 0 amide bonds. The molecule has 0 aliphatic heterocycles. The number of oxime groups is 1. The molecule has 4 aromatic rings. The molecule has 0 aliphatic rings. The molecule has 0 spiro atoms. The highest BCUT2D eigenvalue weighted by Gasteiger charge is 2.40. The molecule has 0 unspecified atom stereocenters. The van der Waals surface area contributed by atoms with E-state index < -0.39 is 5.60 Å². The Morgan fingerprint density at radius 3 is 1.68 bits per heavy atom. The number of nitrogen functional groups attached to an aromatic ring is 1. The first kappa shape index (κ1) is 20.5. The van der Waals surface area contributed by atoms with Gasteiger partial charge >= 0.3 is 0 Å². The lowest BCUT2D eigenvalue weighted by atomic mass is 9.80. The van der Waals surface area contributed by atoms with Crippen LogP contribution in [-0.2, 0) is 15.2 Å². The van der Waals surface area contributed by atoms with Crippen LogP contribution >= 0.6 is 11.3 Å². The van der Waals surface area contributed by atoms with E-state index in [0.717, 1.165) is 16.7 Å². The van der Waals surface area contributed by atoms with E-state index in [0.29, 0.717) is 10.8 Å². The van der Waals surface area contributed by atoms with E-state index >= 15 is 0 Å². The van der Waals surface area contributed by atoms with E-state index in [1.807, 2.05) is 91.0 Å². The molecule has 0 saturated heterocycles. The molecule has 0 fully saturated rings. The summed E-state index contributed by atoms with van der Waals surface area (Å²) >= 11 is 1.25. The number of Topliss-reactive ketones (excluding diaryl/α,β-unsaturated/α-hetero) is 1. The van der Waals surface area contributed by atoms with Crippen molar-refractivity contribution in [2.24, 2.45) is 5.16 Å². The van der Waals surface area contributed by atoms with Crippen LogP contribution in [0.5, 0.6) is 0 Å². The smallest absolute Gasteiger partial charge is 0.212 e. The van der Waals surface area contributed by atoms with Gasteiger partial charge in [0.2, 0.25) is 5.60 Å². The number of carbonyl (C=O) groups is 1. The molecule has 0 radical (unpaired) electrons. The van der Waals surface area contributed by atoms with Gasteiger partial charge in [0.1, 0.15) is 5.69 Å². The van der Waals surface area contributed by atoms with Crippen molar-refractivity contribution in [2.75, 3.05) is 5.73 Å². The van der Waals surface area contributed by atoms with Gasteiger partial charge in [-0.3, -0.25) is 4.79 Å². The number of ketones is 1. The average Bonchev–Trinajstić information content (AvgIpc) is 3.24. The molecule has 2 N–H and O–H groups in total. The van der Waals surface area contributed by atoms with Crippen molar-refractivity contribution >= 4 is 28.0 Å². The quantitative estimate of drug-likeness (QED) is 0.255. The Hall–Kier alpha value is -3.77. The minimum absolute atomic E-state index is 0.125. The summed E-state index contributed by atoms with van der Waals surface area (Å²) in [5, 5.41) is 6.43. The largest absolute Gasteiger partial charge is 0.375 e. The molecule has 4 rings (SSSR count). The van der Waals surface area contributed by atoms with Gasteiger partial charge in [-0.1, -0.05) is 96.2 Å². The Kier molecular flexibility index (Phi) is 5.91. The fraction of sp³-hybridized carbons (Fsp3) is 0.0800. The van der Waals surface area contributed by atoms with Gasteiger partial charge in [-0.15, -0.1) is 11.3 Å². The van der Waals surface area contributed by atoms with Crippen LogP contribution in [0.15, 0.2) is 102 Å². The number of nitrogens with zero attached hydrogens (tertiary/aromatic N) is 2. The number of thiazole rings is 1. The summed E-state index contributed by atoms with van der Waals surface area (Å²) in [6.45, 7) is 1.44. The van der Waals surface area contributed by atoms with E-state index in [1.54, 1.807) is 5.38 Å². The van der Waals surface area contributed by atoms with Gasteiger partial charge in [0, 0.05) is 29.0 Å². The van der Waals surface area contributed by atoms with Crippen molar-refractivity contribution in [2.45, 2.75) is 12.5 Å². The van der Waals surface area contributed by atoms with Crippen molar-refractivity contribution in [3.05, 3.63) is 119 Å². The molecule has 0 atom stereocenters. The highest BCUT2D eigenvalue weighted by molar-refractivity contribution is 7.13. The minimum Gasteiger partial charge on any atom is -0.375 e. The summed E-state index contributed by atoms with van der Waals surface area (Å²) in [7, 11) is 0. The molecule has 0 bridgehead atoms.